The van der Waals surface area contributed by atoms with Crippen LogP contribution in [-0.4, -0.2) is 6.54 Å². The lowest BCUT2D eigenvalue weighted by Crippen LogP contribution is -2.28. The molecule has 0 spiro atoms. The first-order valence-corrected chi connectivity index (χ1v) is 8.31. The summed E-state index contributed by atoms with van der Waals surface area (Å²) in [6.45, 7) is 8.14. The maximum atomic E-state index is 6.03. The maximum Gasteiger partial charge on any atom is 0.0612 e. The molecule has 1 saturated carbocycles. The molecule has 2 rings (SSSR count). The first kappa shape index (κ1) is 16.0. The molecule has 20 heavy (non-hydrogen) atoms. The SMILES string of the molecule is CC(C)(C)C1CCC(CNc2ccc(Cl)c(Cl)c2)CC1. The van der Waals surface area contributed by atoms with Crippen molar-refractivity contribution in [1.82, 2.24) is 0 Å². The van der Waals surface area contributed by atoms with Crippen molar-refractivity contribution < 1.29 is 0 Å². The van der Waals surface area contributed by atoms with Crippen molar-refractivity contribution in [3.63, 3.8) is 0 Å². The van der Waals surface area contributed by atoms with Crippen LogP contribution in [0.3, 0.4) is 0 Å². The van der Waals surface area contributed by atoms with Crippen molar-refractivity contribution in [1.29, 1.82) is 0 Å². The van der Waals surface area contributed by atoms with E-state index in [1.807, 2.05) is 18.2 Å². The van der Waals surface area contributed by atoms with Crippen LogP contribution in [0.25, 0.3) is 0 Å². The van der Waals surface area contributed by atoms with E-state index in [-0.39, 0.29) is 0 Å². The van der Waals surface area contributed by atoms with Gasteiger partial charge in [0.1, 0.15) is 0 Å². The summed E-state index contributed by atoms with van der Waals surface area (Å²) in [6, 6.07) is 5.75. The van der Waals surface area contributed by atoms with Gasteiger partial charge in [-0.2, -0.15) is 0 Å². The third kappa shape index (κ3) is 4.30. The van der Waals surface area contributed by atoms with Gasteiger partial charge in [0, 0.05) is 12.2 Å². The van der Waals surface area contributed by atoms with E-state index < -0.39 is 0 Å². The highest BCUT2D eigenvalue weighted by Gasteiger charge is 2.29. The van der Waals surface area contributed by atoms with Crippen molar-refractivity contribution >= 4 is 28.9 Å². The van der Waals surface area contributed by atoms with E-state index in [1.165, 1.54) is 25.7 Å². The van der Waals surface area contributed by atoms with E-state index in [0.717, 1.165) is 24.1 Å². The summed E-state index contributed by atoms with van der Waals surface area (Å²) >= 11 is 12.0. The summed E-state index contributed by atoms with van der Waals surface area (Å²) in [6.07, 6.45) is 5.38. The van der Waals surface area contributed by atoms with Crippen molar-refractivity contribution in [2.45, 2.75) is 46.5 Å². The van der Waals surface area contributed by atoms with Gasteiger partial charge in [0.15, 0.2) is 0 Å². The molecule has 0 bridgehead atoms. The molecule has 1 aliphatic rings. The van der Waals surface area contributed by atoms with E-state index in [2.05, 4.69) is 26.1 Å². The zero-order valence-electron chi connectivity index (χ0n) is 12.7. The van der Waals surface area contributed by atoms with Gasteiger partial charge in [-0.15, -0.1) is 0 Å². The Kier molecular flexibility index (Phi) is 5.25. The van der Waals surface area contributed by atoms with Gasteiger partial charge >= 0.3 is 0 Å². The highest BCUT2D eigenvalue weighted by atomic mass is 35.5. The van der Waals surface area contributed by atoms with E-state index in [9.17, 15) is 0 Å². The van der Waals surface area contributed by atoms with Crippen LogP contribution in [0.15, 0.2) is 18.2 Å². The van der Waals surface area contributed by atoms with Crippen LogP contribution in [0, 0.1) is 17.3 Å². The van der Waals surface area contributed by atoms with Crippen molar-refractivity contribution in [3.05, 3.63) is 28.2 Å². The smallest absolute Gasteiger partial charge is 0.0612 e. The molecular formula is C17H25Cl2N. The third-order valence-electron chi connectivity index (χ3n) is 4.59. The zero-order chi connectivity index (χ0) is 14.8. The second-order valence-corrected chi connectivity index (χ2v) is 7.91. The minimum Gasteiger partial charge on any atom is -0.385 e. The molecule has 0 heterocycles. The lowest BCUT2D eigenvalue weighted by molar-refractivity contribution is 0.153. The number of hydrogen-bond acceptors (Lipinski definition) is 1. The number of hydrogen-bond donors (Lipinski definition) is 1. The Balaban J connectivity index is 1.80. The summed E-state index contributed by atoms with van der Waals surface area (Å²) in [5.41, 5.74) is 1.53. The second-order valence-electron chi connectivity index (χ2n) is 7.09. The van der Waals surface area contributed by atoms with Crippen LogP contribution in [-0.2, 0) is 0 Å². The fourth-order valence-corrected chi connectivity index (χ4v) is 3.40. The topological polar surface area (TPSA) is 12.0 Å². The van der Waals surface area contributed by atoms with Crippen molar-refractivity contribution in [2.75, 3.05) is 11.9 Å². The standard InChI is InChI=1S/C17H25Cl2N/c1-17(2,3)13-6-4-12(5-7-13)11-20-14-8-9-15(18)16(19)10-14/h8-10,12-13,20H,4-7,11H2,1-3H3. The molecule has 1 aliphatic carbocycles. The summed E-state index contributed by atoms with van der Waals surface area (Å²) < 4.78 is 0. The van der Waals surface area contributed by atoms with E-state index in [4.69, 9.17) is 23.2 Å². The predicted molar refractivity (Wildman–Crippen MR) is 89.9 cm³/mol. The molecule has 1 aromatic rings. The number of nitrogens with one attached hydrogen (secondary N) is 1. The quantitative estimate of drug-likeness (QED) is 0.694. The summed E-state index contributed by atoms with van der Waals surface area (Å²) in [7, 11) is 0. The van der Waals surface area contributed by atoms with E-state index in [0.29, 0.717) is 15.5 Å². The second kappa shape index (κ2) is 6.58. The number of anilines is 1. The number of rotatable bonds is 3. The van der Waals surface area contributed by atoms with E-state index >= 15 is 0 Å². The van der Waals surface area contributed by atoms with Crippen LogP contribution in [0.1, 0.15) is 46.5 Å². The molecule has 1 nitrogen and oxygen atoms in total. The highest BCUT2D eigenvalue weighted by Crippen LogP contribution is 2.39. The van der Waals surface area contributed by atoms with Crippen LogP contribution in [0.5, 0.6) is 0 Å². The Morgan fingerprint density at radius 3 is 2.25 bits per heavy atom. The molecule has 112 valence electrons. The Bertz CT molecular complexity index is 443. The summed E-state index contributed by atoms with van der Waals surface area (Å²) in [5.74, 6) is 1.66. The normalized spacial score (nSPS) is 23.6. The third-order valence-corrected chi connectivity index (χ3v) is 5.32. The van der Waals surface area contributed by atoms with Gasteiger partial charge in [-0.1, -0.05) is 44.0 Å². The summed E-state index contributed by atoms with van der Waals surface area (Å²) in [5, 5.41) is 4.73. The van der Waals surface area contributed by atoms with Crippen LogP contribution in [0.4, 0.5) is 5.69 Å². The first-order chi connectivity index (χ1) is 9.36. The zero-order valence-corrected chi connectivity index (χ0v) is 14.2. The van der Waals surface area contributed by atoms with Gasteiger partial charge in [0.05, 0.1) is 10.0 Å². The lowest BCUT2D eigenvalue weighted by atomic mass is 9.70. The molecule has 1 fully saturated rings. The van der Waals surface area contributed by atoms with Gasteiger partial charge in [-0.25, -0.2) is 0 Å². The molecule has 0 atom stereocenters. The molecule has 0 amide bonds. The highest BCUT2D eigenvalue weighted by molar-refractivity contribution is 6.42. The molecule has 1 aromatic carbocycles. The van der Waals surface area contributed by atoms with Gasteiger partial charge in [-0.05, 0) is 61.1 Å². The average molecular weight is 314 g/mol. The molecular weight excluding hydrogens is 289 g/mol. The van der Waals surface area contributed by atoms with Gasteiger partial charge in [0.2, 0.25) is 0 Å². The number of halogens is 2. The maximum absolute atomic E-state index is 6.03. The van der Waals surface area contributed by atoms with E-state index in [1.54, 1.807) is 0 Å². The predicted octanol–water partition coefficient (Wildman–Crippen LogP) is 6.26. The average Bonchev–Trinajstić information content (AvgIpc) is 2.40. The van der Waals surface area contributed by atoms with Gasteiger partial charge in [0.25, 0.3) is 0 Å². The largest absolute Gasteiger partial charge is 0.385 e. The fourth-order valence-electron chi connectivity index (χ4n) is 3.10. The van der Waals surface area contributed by atoms with Gasteiger partial charge < -0.3 is 5.32 Å². The Morgan fingerprint density at radius 2 is 1.70 bits per heavy atom. The van der Waals surface area contributed by atoms with Crippen molar-refractivity contribution in [2.24, 2.45) is 17.3 Å². The Morgan fingerprint density at radius 1 is 1.05 bits per heavy atom. The molecule has 1 N–H and O–H groups in total. The minimum absolute atomic E-state index is 0.460. The molecule has 0 aromatic heterocycles. The van der Waals surface area contributed by atoms with Crippen molar-refractivity contribution in [3.8, 4) is 0 Å². The minimum atomic E-state index is 0.460. The molecule has 0 radical (unpaired) electrons. The van der Waals surface area contributed by atoms with Crippen LogP contribution < -0.4 is 5.32 Å². The molecule has 0 saturated heterocycles. The van der Waals surface area contributed by atoms with Crippen LogP contribution >= 0.6 is 23.2 Å². The number of benzene rings is 1. The first-order valence-electron chi connectivity index (χ1n) is 7.55. The molecule has 0 aliphatic heterocycles. The molecule has 3 heteroatoms. The molecule has 0 unspecified atom stereocenters. The lowest BCUT2D eigenvalue weighted by Gasteiger charge is -2.37. The summed E-state index contributed by atoms with van der Waals surface area (Å²) in [4.78, 5) is 0. The monoisotopic (exact) mass is 313 g/mol. The Labute approximate surface area is 133 Å². The Hall–Kier alpha value is -0.400. The fraction of sp³-hybridized carbons (Fsp3) is 0.647. The van der Waals surface area contributed by atoms with Gasteiger partial charge in [-0.3, -0.25) is 0 Å². The van der Waals surface area contributed by atoms with Crippen LogP contribution in [0.2, 0.25) is 10.0 Å².